The first kappa shape index (κ1) is 99.8. The molecule has 37 heteroatoms. The Labute approximate surface area is 773 Å². The molecule has 4 aliphatic rings. The van der Waals surface area contributed by atoms with Crippen LogP contribution in [0.25, 0.3) is 11.1 Å². The predicted octanol–water partition coefficient (Wildman–Crippen LogP) is 4.34. The van der Waals surface area contributed by atoms with Crippen LogP contribution in [0.2, 0.25) is 0 Å². The summed E-state index contributed by atoms with van der Waals surface area (Å²) < 4.78 is 72.3. The number of aliphatic hydroxyl groups is 3. The number of hydrogen-bond donors (Lipinski definition) is 11. The minimum absolute atomic E-state index is 0.0291. The average Bonchev–Trinajstić information content (AvgIpc) is 1.22. The maximum absolute atomic E-state index is 14.9. The minimum atomic E-state index is -1.88. The van der Waals surface area contributed by atoms with Gasteiger partial charge in [0.2, 0.25) is 52.4 Å². The molecule has 12 rings (SSSR count). The number of nitrogens with one attached hydrogen (secondary N) is 7. The molecule has 0 bridgehead atoms. The summed E-state index contributed by atoms with van der Waals surface area (Å²) in [6, 6.07) is 52.4. The molecule has 9 amide bonds. The Kier molecular flexibility index (Phi) is 38.4. The molecule has 3 saturated heterocycles. The van der Waals surface area contributed by atoms with Crippen LogP contribution in [-0.4, -0.2) is 251 Å². The third kappa shape index (κ3) is 29.4. The first-order valence-electron chi connectivity index (χ1n) is 44.0. The third-order valence-corrected chi connectivity index (χ3v) is 23.4. The monoisotopic (exact) mass is 1850 g/mol. The number of carbonyl (C=O) groups is 11. The zero-order valence-corrected chi connectivity index (χ0v) is 74.5. The normalized spacial score (nSPS) is 20.5. The molecule has 0 spiro atoms. The molecule has 15 atom stereocenters. The van der Waals surface area contributed by atoms with Gasteiger partial charge in [-0.25, -0.2) is 9.78 Å². The highest BCUT2D eigenvalue weighted by Crippen LogP contribution is 2.45. The molecular weight excluding hydrogens is 1740 g/mol. The molecule has 708 valence electrons. The van der Waals surface area contributed by atoms with E-state index < -0.39 is 208 Å². The molecule has 133 heavy (non-hydrogen) atoms. The van der Waals surface area contributed by atoms with Gasteiger partial charge in [0.1, 0.15) is 92.3 Å². The number of benzene rings is 7. The number of fused-ring (bicyclic) bond motifs is 3. The zero-order chi connectivity index (χ0) is 94.0. The van der Waals surface area contributed by atoms with E-state index in [1.165, 1.54) is 13.3 Å². The summed E-state index contributed by atoms with van der Waals surface area (Å²) in [6.45, 7) is -1.28. The molecule has 1 aromatic heterocycles. The van der Waals surface area contributed by atoms with E-state index in [0.29, 0.717) is 5.69 Å². The maximum Gasteiger partial charge on any atom is 0.407 e. The molecule has 0 unspecified atom stereocenters. The van der Waals surface area contributed by atoms with E-state index in [1.807, 2.05) is 200 Å². The fourth-order valence-electron chi connectivity index (χ4n) is 15.9. The Bertz CT molecular complexity index is 5090. The highest BCUT2D eigenvalue weighted by molar-refractivity contribution is 8.13. The molecule has 36 nitrogen and oxygen atoms in total. The highest BCUT2D eigenvalue weighted by Gasteiger charge is 2.55. The summed E-state index contributed by atoms with van der Waals surface area (Å²) in [5, 5.41) is 51.7. The van der Waals surface area contributed by atoms with E-state index in [-0.39, 0.29) is 97.6 Å². The summed E-state index contributed by atoms with van der Waals surface area (Å²) in [5.74, 6) is -8.44. The number of hydrogen-bond acceptors (Lipinski definition) is 27. The van der Waals surface area contributed by atoms with Crippen molar-refractivity contribution in [1.29, 1.82) is 0 Å². The number of carbonyl (C=O) groups excluding carboxylic acids is 11. The van der Waals surface area contributed by atoms with Crippen LogP contribution >= 0.6 is 11.8 Å². The van der Waals surface area contributed by atoms with Crippen molar-refractivity contribution in [2.24, 2.45) is 5.73 Å². The molecule has 12 N–H and O–H groups in total. The van der Waals surface area contributed by atoms with Gasteiger partial charge in [-0.15, -0.1) is 0 Å². The van der Waals surface area contributed by atoms with Gasteiger partial charge in [0, 0.05) is 44.2 Å². The van der Waals surface area contributed by atoms with Gasteiger partial charge in [0.05, 0.1) is 97.6 Å². The number of alkyl carbamates (subject to hydrolysis) is 1. The largest absolute Gasteiger partial charge is 0.466 e. The number of rotatable bonds is 49. The molecular formula is C96H113N11O25S. The lowest BCUT2D eigenvalue weighted by molar-refractivity contribution is -0.359. The van der Waals surface area contributed by atoms with Gasteiger partial charge in [0.25, 0.3) is 0 Å². The molecule has 7 aromatic carbocycles. The number of imidazole rings is 1. The number of thioether (sulfide) groups is 1. The van der Waals surface area contributed by atoms with Crippen molar-refractivity contribution in [3.05, 3.63) is 257 Å². The van der Waals surface area contributed by atoms with E-state index in [0.717, 1.165) is 66.7 Å². The number of primary amides is 1. The van der Waals surface area contributed by atoms with Crippen molar-refractivity contribution in [2.45, 2.75) is 190 Å². The number of nitrogens with zero attached hydrogens (tertiary/aromatic N) is 3. The lowest BCUT2D eigenvalue weighted by Gasteiger charge is -2.49. The zero-order valence-electron chi connectivity index (χ0n) is 73.7. The summed E-state index contributed by atoms with van der Waals surface area (Å²) >= 11 is 0.794. The number of likely N-dealkylation sites (tertiary alicyclic amines) is 1. The van der Waals surface area contributed by atoms with Gasteiger partial charge in [-0.1, -0.05) is 212 Å². The topological polar surface area (TPSA) is 481 Å². The summed E-state index contributed by atoms with van der Waals surface area (Å²) in [4.78, 5) is 158. The fourth-order valence-corrected chi connectivity index (χ4v) is 16.6. The molecule has 1 aliphatic carbocycles. The molecule has 8 aromatic rings. The van der Waals surface area contributed by atoms with Gasteiger partial charge in [-0.05, 0) is 76.3 Å². The Morgan fingerprint density at radius 2 is 1.12 bits per heavy atom. The van der Waals surface area contributed by atoms with E-state index in [9.17, 15) is 68.1 Å². The molecule has 0 radical (unpaired) electrons. The van der Waals surface area contributed by atoms with E-state index in [4.69, 9.17) is 57.8 Å². The smallest absolute Gasteiger partial charge is 0.407 e. The molecule has 0 saturated carbocycles. The Balaban J connectivity index is 0.757. The first-order chi connectivity index (χ1) is 64.6. The molecule has 3 fully saturated rings. The quantitative estimate of drug-likeness (QED) is 0.0236. The third-order valence-electron chi connectivity index (χ3n) is 22.5. The molecule has 3 aliphatic heterocycles. The Morgan fingerprint density at radius 3 is 1.71 bits per heavy atom. The van der Waals surface area contributed by atoms with Crippen LogP contribution in [0.4, 0.5) is 4.79 Å². The number of esters is 1. The van der Waals surface area contributed by atoms with Crippen LogP contribution in [0.3, 0.4) is 0 Å². The van der Waals surface area contributed by atoms with Gasteiger partial charge < -0.3 is 120 Å². The van der Waals surface area contributed by atoms with Crippen LogP contribution in [-0.2, 0) is 146 Å². The lowest BCUT2D eigenvalue weighted by atomic mass is 9.95. The second kappa shape index (κ2) is 51.1. The second-order valence-corrected chi connectivity index (χ2v) is 33.3. The van der Waals surface area contributed by atoms with E-state index >= 15 is 0 Å². The predicted molar refractivity (Wildman–Crippen MR) is 480 cm³/mol. The van der Waals surface area contributed by atoms with E-state index in [1.54, 1.807) is 17.7 Å². The fraction of sp³-hybridized carbons (Fsp3) is 0.417. The van der Waals surface area contributed by atoms with Crippen molar-refractivity contribution < 1.29 is 120 Å². The average molecular weight is 1850 g/mol. The van der Waals surface area contributed by atoms with Crippen molar-refractivity contribution in [1.82, 2.24) is 51.7 Å². The van der Waals surface area contributed by atoms with Crippen molar-refractivity contribution in [3.8, 4) is 11.1 Å². The van der Waals surface area contributed by atoms with Gasteiger partial charge in [0.15, 0.2) is 12.6 Å². The summed E-state index contributed by atoms with van der Waals surface area (Å²) in [5.41, 5.74) is 13.6. The maximum atomic E-state index is 14.9. The first-order valence-corrected chi connectivity index (χ1v) is 45.0. The van der Waals surface area contributed by atoms with Gasteiger partial charge in [-0.2, -0.15) is 0 Å². The number of nitrogens with two attached hydrogens (primary N) is 1. The number of ether oxygens (including phenoxy) is 11. The number of aliphatic hydroxyl groups excluding tert-OH is 3. The van der Waals surface area contributed by atoms with Crippen molar-refractivity contribution in [3.63, 3.8) is 0 Å². The van der Waals surface area contributed by atoms with Crippen LogP contribution in [0.1, 0.15) is 96.5 Å². The minimum Gasteiger partial charge on any atom is -0.466 e. The van der Waals surface area contributed by atoms with Crippen molar-refractivity contribution >= 4 is 76.2 Å². The Hall–Kier alpha value is -12.2. The SMILES string of the molecule is CCOC(=O)CCSC(=O)CNC(=O)[C@H](Cc1cn(COCc2ccccc2)cn1)NC(=O)[C@@H]1CCCN1C(=O)[C@H](CCC(N)=O)NC(=O)[C@H](CO)NC(=O)CNC(=O)[C@H](CO[C@H]1O[C@H](CO)[C@H](O)[C@H](O[C@@H]2O[C@H](COCc3ccccc3)[C@H](OCc3ccccc3)[C@H](OCc3ccccc3)[C@H]2OCc2ccccc2)[C@H]1NC(C)=O)NC(=O)OCC1c2ccccc2-c2ccccc21. The number of aromatic nitrogens is 2. The number of amides is 9. The Morgan fingerprint density at radius 1 is 0.564 bits per heavy atom. The lowest BCUT2D eigenvalue weighted by Crippen LogP contribution is -2.68. The van der Waals surface area contributed by atoms with Crippen LogP contribution < -0.4 is 43.0 Å². The van der Waals surface area contributed by atoms with Crippen LogP contribution in [0.5, 0.6) is 0 Å². The van der Waals surface area contributed by atoms with E-state index in [2.05, 4.69) is 42.2 Å². The molecule has 4 heterocycles. The summed E-state index contributed by atoms with van der Waals surface area (Å²) in [7, 11) is 0. The summed E-state index contributed by atoms with van der Waals surface area (Å²) in [6.07, 6.45) is -11.7. The van der Waals surface area contributed by atoms with Gasteiger partial charge in [-0.3, -0.25) is 47.9 Å². The second-order valence-electron chi connectivity index (χ2n) is 32.1. The van der Waals surface area contributed by atoms with Crippen LogP contribution in [0, 0.1) is 0 Å². The van der Waals surface area contributed by atoms with Crippen molar-refractivity contribution in [2.75, 3.05) is 65.0 Å². The van der Waals surface area contributed by atoms with Crippen LogP contribution in [0.15, 0.2) is 213 Å². The van der Waals surface area contributed by atoms with Gasteiger partial charge >= 0.3 is 12.1 Å². The highest BCUT2D eigenvalue weighted by atomic mass is 32.2. The standard InChI is InChI=1S/C96H113N11O25S/c1-3-124-81(113)41-43-133-82(114)46-99-89(116)73(44-66-47-106(58-100-66)59-123-51-62-26-11-5-12-27-62)104-92(119)76-38-23-42-107(76)93(120)72(39-40-79(97)111)103-91(118)74(48-108)102-80(112)45-98-90(117)75(105-96(121)129-55-71-69-36-21-19-34-67(69)68-35-20-22-37-70(68)71)56-128-94-83(101-60(2)110)86(84(115)77(49-109)130-94)132-95-88(127-54-65-32-17-8-18-33-65)87(126-53-64-30-15-7-16-31-64)85(125-52-63-28-13-6-14-29-63)78(131-95)57-122-50-61-24-9-4-10-25-61/h4-22,24-37,47,58,71-78,83-88,94-95,108-109,115H,3,23,38-46,48-57,59H2,1-2H3,(H2,97,111)(H,98,117)(H,99,116)(H,101,110)(H,102,112)(H,103,118)(H,104,119)(H,105,121)/t72-,73-,74-,75-,76-,77+,78+,83+,84-,85-,86+,87-,88+,94-,95-/m0/s1.